The molecule has 0 aromatic heterocycles. The largest absolute Gasteiger partial charge is 0.397 e. The van der Waals surface area contributed by atoms with E-state index in [1.54, 1.807) is 6.08 Å². The van der Waals surface area contributed by atoms with Crippen molar-refractivity contribution in [1.29, 1.82) is 0 Å². The molecule has 1 heterocycles. The predicted octanol–water partition coefficient (Wildman–Crippen LogP) is 7.13. The molecule has 0 spiro atoms. The first-order chi connectivity index (χ1) is 27.4. The Balaban J connectivity index is 2.63. The fourth-order valence-electron chi connectivity index (χ4n) is 7.01. The van der Waals surface area contributed by atoms with Crippen molar-refractivity contribution < 1.29 is 57.0 Å². The molecule has 8 unspecified atom stereocenters. The smallest absolute Gasteiger partial charge is 0.394 e. The number of aliphatic hydroxyl groups excluding tert-OH is 5. The third-order valence-corrected chi connectivity index (χ3v) is 11.1. The molecule has 0 aromatic rings. The first kappa shape index (κ1) is 53.6. The van der Waals surface area contributed by atoms with Gasteiger partial charge in [-0.05, 0) is 32.1 Å². The molecular weight excluding hydrogens is 755 g/mol. The molecule has 0 aromatic carbocycles. The van der Waals surface area contributed by atoms with Crippen LogP contribution in [0.15, 0.2) is 24.3 Å². The maximum atomic E-state index is 13.1. The number of nitrogens with one attached hydrogen (secondary N) is 1. The molecule has 14 heteroatoms. The second-order valence-electron chi connectivity index (χ2n) is 15.8. The Morgan fingerprint density at radius 2 is 1.18 bits per heavy atom. The summed E-state index contributed by atoms with van der Waals surface area (Å²) in [5, 5.41) is 55.1. The number of ether oxygens (including phenoxy) is 2. The molecule has 0 bridgehead atoms. The first-order valence-corrected chi connectivity index (χ1v) is 23.7. The van der Waals surface area contributed by atoms with Crippen molar-refractivity contribution >= 4 is 16.3 Å². The Hall–Kier alpha value is -1.46. The lowest BCUT2D eigenvalue weighted by Gasteiger charge is -2.41. The summed E-state index contributed by atoms with van der Waals surface area (Å²) in [5.41, 5.74) is 0. The number of unbranched alkanes of at least 4 members (excludes halogenated alkanes) is 22. The fourth-order valence-corrected chi connectivity index (χ4v) is 7.51. The standard InChI is InChI=1S/C43H81NO12S/c1-3-5-7-9-11-13-15-17-18-20-22-24-26-28-30-32-37(47)42(50)44-35(36(46)31-29-27-25-23-21-19-16-14-12-10-8-6-4-2)34-54-43-40(49)41(56-57(51,52)53)39(48)38(33-45)55-43/h21,23,29,31,35-41,43,45-49H,3-20,22,24-28,30,32-34H2,1-2H3,(H,44,50)(H,51,52,53)/b23-21+,31-29+. The van der Waals surface area contributed by atoms with Crippen LogP contribution in [0.25, 0.3) is 0 Å². The number of carbonyl (C=O) groups excluding carboxylic acids is 1. The summed E-state index contributed by atoms with van der Waals surface area (Å²) in [7, 11) is -5.12. The molecular formula is C43H81NO12S. The second-order valence-corrected chi connectivity index (χ2v) is 16.8. The number of carbonyl (C=O) groups is 1. The van der Waals surface area contributed by atoms with Gasteiger partial charge < -0.3 is 40.3 Å². The van der Waals surface area contributed by atoms with Gasteiger partial charge in [0.2, 0.25) is 5.91 Å². The number of amides is 1. The van der Waals surface area contributed by atoms with Crippen LogP contribution in [0.5, 0.6) is 0 Å². The van der Waals surface area contributed by atoms with Crippen LogP contribution in [0, 0.1) is 0 Å². The quantitative estimate of drug-likeness (QED) is 0.0189. The van der Waals surface area contributed by atoms with E-state index in [1.807, 2.05) is 0 Å². The molecule has 13 nitrogen and oxygen atoms in total. The van der Waals surface area contributed by atoms with E-state index >= 15 is 0 Å². The Bertz CT molecular complexity index is 1140. The van der Waals surface area contributed by atoms with Gasteiger partial charge in [0.05, 0.1) is 25.4 Å². The van der Waals surface area contributed by atoms with Gasteiger partial charge >= 0.3 is 10.4 Å². The minimum Gasteiger partial charge on any atom is -0.394 e. The molecule has 336 valence electrons. The van der Waals surface area contributed by atoms with Crippen LogP contribution in [0.3, 0.4) is 0 Å². The highest BCUT2D eigenvalue weighted by molar-refractivity contribution is 7.80. The van der Waals surface area contributed by atoms with E-state index in [4.69, 9.17) is 14.0 Å². The molecule has 1 aliphatic rings. The van der Waals surface area contributed by atoms with Gasteiger partial charge in [-0.15, -0.1) is 0 Å². The van der Waals surface area contributed by atoms with Crippen LogP contribution in [0.2, 0.25) is 0 Å². The minimum atomic E-state index is -5.12. The molecule has 8 atom stereocenters. The van der Waals surface area contributed by atoms with Crippen molar-refractivity contribution in [2.45, 2.75) is 230 Å². The fraction of sp³-hybridized carbons (Fsp3) is 0.884. The zero-order valence-electron chi connectivity index (χ0n) is 35.3. The maximum absolute atomic E-state index is 13.1. The second kappa shape index (κ2) is 34.3. The average molecular weight is 836 g/mol. The number of hydrogen-bond donors (Lipinski definition) is 7. The first-order valence-electron chi connectivity index (χ1n) is 22.3. The van der Waals surface area contributed by atoms with Gasteiger partial charge in [0.1, 0.15) is 30.5 Å². The topological polar surface area (TPSA) is 212 Å². The van der Waals surface area contributed by atoms with Crippen LogP contribution in [-0.4, -0.2) is 107 Å². The van der Waals surface area contributed by atoms with Crippen molar-refractivity contribution in [3.05, 3.63) is 24.3 Å². The third-order valence-electron chi connectivity index (χ3n) is 10.6. The lowest BCUT2D eigenvalue weighted by molar-refractivity contribution is -0.298. The van der Waals surface area contributed by atoms with E-state index in [0.29, 0.717) is 12.8 Å². The molecule has 0 aliphatic carbocycles. The minimum absolute atomic E-state index is 0.240. The molecule has 1 fully saturated rings. The highest BCUT2D eigenvalue weighted by Gasteiger charge is 2.48. The van der Waals surface area contributed by atoms with Gasteiger partial charge in [-0.1, -0.05) is 173 Å². The predicted molar refractivity (Wildman–Crippen MR) is 224 cm³/mol. The van der Waals surface area contributed by atoms with Gasteiger partial charge in [-0.25, -0.2) is 4.18 Å². The summed E-state index contributed by atoms with van der Waals surface area (Å²) in [4.78, 5) is 13.1. The van der Waals surface area contributed by atoms with Gasteiger partial charge in [0.15, 0.2) is 6.29 Å². The van der Waals surface area contributed by atoms with E-state index in [-0.39, 0.29) is 6.42 Å². The summed E-state index contributed by atoms with van der Waals surface area (Å²) >= 11 is 0. The zero-order chi connectivity index (χ0) is 42.2. The van der Waals surface area contributed by atoms with Crippen LogP contribution in [0.4, 0.5) is 0 Å². The monoisotopic (exact) mass is 836 g/mol. The maximum Gasteiger partial charge on any atom is 0.397 e. The van der Waals surface area contributed by atoms with E-state index in [2.05, 4.69) is 35.5 Å². The summed E-state index contributed by atoms with van der Waals surface area (Å²) in [6.07, 6.45) is 25.5. The number of aliphatic hydroxyl groups is 5. The van der Waals surface area contributed by atoms with Gasteiger partial charge in [-0.2, -0.15) is 8.42 Å². The lowest BCUT2D eigenvalue weighted by atomic mass is 9.99. The van der Waals surface area contributed by atoms with Gasteiger partial charge in [-0.3, -0.25) is 9.35 Å². The average Bonchev–Trinajstić information content (AvgIpc) is 3.18. The van der Waals surface area contributed by atoms with E-state index in [9.17, 15) is 38.7 Å². The highest BCUT2D eigenvalue weighted by atomic mass is 32.3. The van der Waals surface area contributed by atoms with Crippen LogP contribution in [0.1, 0.15) is 181 Å². The summed E-state index contributed by atoms with van der Waals surface area (Å²) < 4.78 is 47.4. The third kappa shape index (κ3) is 27.1. The van der Waals surface area contributed by atoms with Gasteiger partial charge in [0, 0.05) is 0 Å². The summed E-state index contributed by atoms with van der Waals surface area (Å²) in [6, 6.07) is -1.13. The van der Waals surface area contributed by atoms with Crippen molar-refractivity contribution in [3.8, 4) is 0 Å². The molecule has 7 N–H and O–H groups in total. The summed E-state index contributed by atoms with van der Waals surface area (Å²) in [5.74, 6) is -0.712. The van der Waals surface area contributed by atoms with Crippen LogP contribution in [-0.2, 0) is 28.9 Å². The SMILES string of the molecule is CCCCCCCCC/C=C/CC/C=C/C(O)C(COC1OC(CO)C(O)C(OS(=O)(=O)O)C1O)NC(=O)C(O)CCCCCCCCCCCCCCCCC. The number of allylic oxidation sites excluding steroid dienone is 3. The molecule has 57 heavy (non-hydrogen) atoms. The molecule has 1 amide bonds. The molecule has 1 aliphatic heterocycles. The van der Waals surface area contributed by atoms with E-state index in [0.717, 1.165) is 38.5 Å². The lowest BCUT2D eigenvalue weighted by Crippen LogP contribution is -2.61. The van der Waals surface area contributed by atoms with E-state index in [1.165, 1.54) is 115 Å². The van der Waals surface area contributed by atoms with Crippen molar-refractivity contribution in [2.24, 2.45) is 0 Å². The van der Waals surface area contributed by atoms with Crippen molar-refractivity contribution in [3.63, 3.8) is 0 Å². The molecule has 1 saturated heterocycles. The summed E-state index contributed by atoms with van der Waals surface area (Å²) in [6.45, 7) is 3.18. The van der Waals surface area contributed by atoms with Crippen molar-refractivity contribution in [1.82, 2.24) is 5.32 Å². The molecule has 1 rings (SSSR count). The van der Waals surface area contributed by atoms with Crippen molar-refractivity contribution in [2.75, 3.05) is 13.2 Å². The molecule has 0 radical (unpaired) electrons. The Kier molecular flexibility index (Phi) is 32.2. The number of hydrogen-bond acceptors (Lipinski definition) is 11. The number of rotatable bonds is 37. The van der Waals surface area contributed by atoms with Crippen LogP contribution < -0.4 is 5.32 Å². The molecule has 0 saturated carbocycles. The Labute approximate surface area is 345 Å². The zero-order valence-corrected chi connectivity index (χ0v) is 36.1. The van der Waals surface area contributed by atoms with Crippen LogP contribution >= 0.6 is 0 Å². The Morgan fingerprint density at radius 3 is 1.68 bits per heavy atom. The highest BCUT2D eigenvalue weighted by Crippen LogP contribution is 2.26. The normalized spacial score (nSPS) is 22.0. The van der Waals surface area contributed by atoms with Gasteiger partial charge in [0.25, 0.3) is 0 Å². The Morgan fingerprint density at radius 1 is 0.702 bits per heavy atom. The van der Waals surface area contributed by atoms with E-state index < -0.39 is 78.5 Å².